The maximum absolute atomic E-state index is 12.6. The van der Waals surface area contributed by atoms with E-state index in [9.17, 15) is 13.2 Å². The molecule has 1 aromatic carbocycles. The fraction of sp³-hybridized carbons (Fsp3) is 0.588. The number of morpholine rings is 1. The highest BCUT2D eigenvalue weighted by Gasteiger charge is 2.36. The van der Waals surface area contributed by atoms with E-state index in [2.05, 4.69) is 4.72 Å². The van der Waals surface area contributed by atoms with Crippen LogP contribution in [0.2, 0.25) is 5.02 Å². The van der Waals surface area contributed by atoms with Crippen LogP contribution in [0.1, 0.15) is 32.1 Å². The lowest BCUT2D eigenvalue weighted by atomic mass is 9.90. The Morgan fingerprint density at radius 2 is 2.04 bits per heavy atom. The minimum atomic E-state index is -3.72. The van der Waals surface area contributed by atoms with Gasteiger partial charge in [-0.25, -0.2) is 13.1 Å². The third-order valence-electron chi connectivity index (χ3n) is 4.81. The highest BCUT2D eigenvalue weighted by atomic mass is 35.5. The first kappa shape index (κ1) is 18.6. The zero-order valence-electron chi connectivity index (χ0n) is 14.0. The van der Waals surface area contributed by atoms with Crippen LogP contribution in [0.3, 0.4) is 0 Å². The van der Waals surface area contributed by atoms with Crippen LogP contribution in [-0.2, 0) is 19.6 Å². The first-order chi connectivity index (χ1) is 12.0. The second-order valence-electron chi connectivity index (χ2n) is 6.43. The van der Waals surface area contributed by atoms with E-state index < -0.39 is 10.0 Å². The van der Waals surface area contributed by atoms with Crippen molar-refractivity contribution in [2.24, 2.45) is 0 Å². The number of carbonyl (C=O) groups excluding carboxylic acids is 1. The number of benzene rings is 1. The molecule has 1 amide bonds. The number of carbonyl (C=O) groups is 1. The number of hydrogen-bond donors (Lipinski definition) is 1. The summed E-state index contributed by atoms with van der Waals surface area (Å²) in [7, 11) is -3.72. The summed E-state index contributed by atoms with van der Waals surface area (Å²) in [5.41, 5.74) is 0. The normalized spacial score (nSPS) is 24.0. The van der Waals surface area contributed by atoms with Gasteiger partial charge >= 0.3 is 0 Å². The second-order valence-corrected chi connectivity index (χ2v) is 8.57. The molecule has 6 nitrogen and oxygen atoms in total. The van der Waals surface area contributed by atoms with Crippen LogP contribution in [-0.4, -0.2) is 51.1 Å². The number of rotatable bonds is 5. The van der Waals surface area contributed by atoms with Gasteiger partial charge in [-0.15, -0.1) is 0 Å². The molecule has 2 unspecified atom stereocenters. The Labute approximate surface area is 153 Å². The number of halogens is 1. The molecule has 1 saturated carbocycles. The zero-order chi connectivity index (χ0) is 17.9. The van der Waals surface area contributed by atoms with E-state index in [0.29, 0.717) is 13.2 Å². The third-order valence-corrected chi connectivity index (χ3v) is 6.77. The van der Waals surface area contributed by atoms with E-state index in [4.69, 9.17) is 16.3 Å². The van der Waals surface area contributed by atoms with Crippen LogP contribution in [0, 0.1) is 0 Å². The first-order valence-corrected chi connectivity index (χ1v) is 10.5. The topological polar surface area (TPSA) is 75.7 Å². The molecule has 2 atom stereocenters. The minimum Gasteiger partial charge on any atom is -0.374 e. The Morgan fingerprint density at radius 3 is 2.84 bits per heavy atom. The van der Waals surface area contributed by atoms with Crippen molar-refractivity contribution in [3.63, 3.8) is 0 Å². The molecule has 1 heterocycles. The van der Waals surface area contributed by atoms with Crippen molar-refractivity contribution in [3.05, 3.63) is 29.3 Å². The van der Waals surface area contributed by atoms with Gasteiger partial charge in [0, 0.05) is 19.5 Å². The fourth-order valence-electron chi connectivity index (χ4n) is 3.58. The Hall–Kier alpha value is -1.15. The number of fused-ring (bicyclic) bond motifs is 1. The second kappa shape index (κ2) is 8.03. The molecule has 2 aliphatic rings. The lowest BCUT2D eigenvalue weighted by Gasteiger charge is -2.43. The summed E-state index contributed by atoms with van der Waals surface area (Å²) >= 11 is 5.94. The molecule has 138 valence electrons. The molecular formula is C17H23ClN2O4S. The van der Waals surface area contributed by atoms with Crippen LogP contribution < -0.4 is 4.72 Å². The number of hydrogen-bond acceptors (Lipinski definition) is 4. The smallest absolute Gasteiger partial charge is 0.242 e. The molecule has 25 heavy (non-hydrogen) atoms. The molecular weight excluding hydrogens is 364 g/mol. The van der Waals surface area contributed by atoms with E-state index in [1.54, 1.807) is 12.1 Å². The van der Waals surface area contributed by atoms with Gasteiger partial charge in [0.25, 0.3) is 0 Å². The van der Waals surface area contributed by atoms with Gasteiger partial charge in [0.05, 0.1) is 23.8 Å². The molecule has 1 aliphatic carbocycles. The summed E-state index contributed by atoms with van der Waals surface area (Å²) in [4.78, 5) is 14.5. The van der Waals surface area contributed by atoms with Crippen LogP contribution in [0.4, 0.5) is 0 Å². The van der Waals surface area contributed by atoms with Crippen molar-refractivity contribution in [2.45, 2.75) is 49.1 Å². The number of amides is 1. The maximum Gasteiger partial charge on any atom is 0.242 e. The standard InChI is InChI=1S/C17H23ClN2O4S/c18-13-5-1-4-8-16(13)25(22,23)19-10-9-17(21)20-11-12-24-15-7-3-2-6-14(15)20/h1,4-5,8,14-15,19H,2-3,6-7,9-12H2. The van der Waals surface area contributed by atoms with Crippen molar-refractivity contribution < 1.29 is 17.9 Å². The zero-order valence-corrected chi connectivity index (χ0v) is 15.6. The summed E-state index contributed by atoms with van der Waals surface area (Å²) < 4.78 is 32.8. The van der Waals surface area contributed by atoms with Gasteiger partial charge in [0.1, 0.15) is 4.90 Å². The molecule has 1 aromatic rings. The van der Waals surface area contributed by atoms with Crippen LogP contribution in [0.5, 0.6) is 0 Å². The Kier molecular flexibility index (Phi) is 5.99. The van der Waals surface area contributed by atoms with Gasteiger partial charge in [-0.3, -0.25) is 4.79 Å². The monoisotopic (exact) mass is 386 g/mol. The highest BCUT2D eigenvalue weighted by molar-refractivity contribution is 7.89. The van der Waals surface area contributed by atoms with Gasteiger partial charge < -0.3 is 9.64 Å². The maximum atomic E-state index is 12.6. The molecule has 0 aromatic heterocycles. The van der Waals surface area contributed by atoms with Gasteiger partial charge in [0.2, 0.25) is 15.9 Å². The molecule has 1 saturated heterocycles. The van der Waals surface area contributed by atoms with Crippen molar-refractivity contribution in [1.82, 2.24) is 9.62 Å². The van der Waals surface area contributed by atoms with E-state index in [1.165, 1.54) is 12.1 Å². The highest BCUT2D eigenvalue weighted by Crippen LogP contribution is 2.28. The molecule has 1 N–H and O–H groups in total. The van der Waals surface area contributed by atoms with Gasteiger partial charge in [-0.1, -0.05) is 36.6 Å². The van der Waals surface area contributed by atoms with Gasteiger partial charge in [0.15, 0.2) is 0 Å². The molecule has 8 heteroatoms. The molecule has 0 radical (unpaired) electrons. The average molecular weight is 387 g/mol. The molecule has 0 bridgehead atoms. The van der Waals surface area contributed by atoms with E-state index in [1.807, 2.05) is 4.90 Å². The Bertz CT molecular complexity index is 723. The van der Waals surface area contributed by atoms with Crippen molar-refractivity contribution in [2.75, 3.05) is 19.7 Å². The van der Waals surface area contributed by atoms with Gasteiger partial charge in [-0.05, 0) is 25.0 Å². The summed E-state index contributed by atoms with van der Waals surface area (Å²) in [6, 6.07) is 6.39. The predicted molar refractivity (Wildman–Crippen MR) is 95.0 cm³/mol. The van der Waals surface area contributed by atoms with E-state index >= 15 is 0 Å². The fourth-order valence-corrected chi connectivity index (χ4v) is 5.13. The Balaban J connectivity index is 1.56. The van der Waals surface area contributed by atoms with Crippen LogP contribution in [0.25, 0.3) is 0 Å². The molecule has 2 fully saturated rings. The van der Waals surface area contributed by atoms with Crippen LogP contribution in [0.15, 0.2) is 29.2 Å². The summed E-state index contributed by atoms with van der Waals surface area (Å²) in [6.07, 6.45) is 4.46. The van der Waals surface area contributed by atoms with Crippen molar-refractivity contribution in [3.8, 4) is 0 Å². The van der Waals surface area contributed by atoms with Crippen molar-refractivity contribution in [1.29, 1.82) is 0 Å². The molecule has 1 aliphatic heterocycles. The van der Waals surface area contributed by atoms with E-state index in [0.717, 1.165) is 25.7 Å². The number of sulfonamides is 1. The minimum absolute atomic E-state index is 0.0259. The largest absolute Gasteiger partial charge is 0.374 e. The lowest BCUT2D eigenvalue weighted by Crippen LogP contribution is -2.55. The summed E-state index contributed by atoms with van der Waals surface area (Å²) in [6.45, 7) is 1.19. The molecule has 0 spiro atoms. The summed E-state index contributed by atoms with van der Waals surface area (Å²) in [5.74, 6) is -0.0259. The average Bonchev–Trinajstić information content (AvgIpc) is 2.61. The Morgan fingerprint density at radius 1 is 1.28 bits per heavy atom. The predicted octanol–water partition coefficient (Wildman–Crippen LogP) is 2.18. The third kappa shape index (κ3) is 4.34. The van der Waals surface area contributed by atoms with Crippen LogP contribution >= 0.6 is 11.6 Å². The van der Waals surface area contributed by atoms with E-state index in [-0.39, 0.29) is 40.9 Å². The van der Waals surface area contributed by atoms with Gasteiger partial charge in [-0.2, -0.15) is 0 Å². The number of nitrogens with zero attached hydrogens (tertiary/aromatic N) is 1. The first-order valence-electron chi connectivity index (χ1n) is 8.64. The quantitative estimate of drug-likeness (QED) is 0.841. The summed E-state index contributed by atoms with van der Waals surface area (Å²) in [5, 5.41) is 0.166. The number of nitrogens with one attached hydrogen (secondary N) is 1. The lowest BCUT2D eigenvalue weighted by molar-refractivity contribution is -0.149. The van der Waals surface area contributed by atoms with Crippen molar-refractivity contribution >= 4 is 27.5 Å². The number of ether oxygens (including phenoxy) is 1. The SMILES string of the molecule is O=C(CCNS(=O)(=O)c1ccccc1Cl)N1CCOC2CCCCC21. The molecule has 3 rings (SSSR count).